The molecule has 0 aliphatic heterocycles. The molecular formula is C13H15N3O3S2. The van der Waals surface area contributed by atoms with Crippen LogP contribution in [0.15, 0.2) is 25.7 Å². The third-order valence-electron chi connectivity index (χ3n) is 2.28. The summed E-state index contributed by atoms with van der Waals surface area (Å²) < 4.78 is 6.01. The van der Waals surface area contributed by atoms with E-state index in [4.69, 9.17) is 4.42 Å². The highest BCUT2D eigenvalue weighted by Crippen LogP contribution is 2.27. The van der Waals surface area contributed by atoms with Crippen LogP contribution >= 0.6 is 23.1 Å². The van der Waals surface area contributed by atoms with Crippen LogP contribution < -0.4 is 10.7 Å². The SMILES string of the molecule is Cc1cc(=O)cc(C(=O)Nc2nnc(SCC(C)C)s2)o1. The van der Waals surface area contributed by atoms with Crippen LogP contribution in [0, 0.1) is 12.8 Å². The third-order valence-corrected chi connectivity index (χ3v) is 4.68. The van der Waals surface area contributed by atoms with Crippen LogP contribution in [0.3, 0.4) is 0 Å². The predicted molar refractivity (Wildman–Crippen MR) is 83.1 cm³/mol. The molecule has 1 N–H and O–H groups in total. The number of aryl methyl sites for hydroxylation is 1. The highest BCUT2D eigenvalue weighted by molar-refractivity contribution is 8.01. The van der Waals surface area contributed by atoms with Gasteiger partial charge in [0.15, 0.2) is 15.5 Å². The Morgan fingerprint density at radius 2 is 2.19 bits per heavy atom. The van der Waals surface area contributed by atoms with E-state index in [0.717, 1.165) is 16.2 Å². The first-order valence-electron chi connectivity index (χ1n) is 6.33. The van der Waals surface area contributed by atoms with Gasteiger partial charge >= 0.3 is 0 Å². The first-order valence-corrected chi connectivity index (χ1v) is 8.13. The molecule has 2 aromatic rings. The van der Waals surface area contributed by atoms with Crippen molar-refractivity contribution in [2.24, 2.45) is 5.92 Å². The minimum absolute atomic E-state index is 0.0356. The van der Waals surface area contributed by atoms with Crippen molar-refractivity contribution < 1.29 is 9.21 Å². The molecule has 0 spiro atoms. The van der Waals surface area contributed by atoms with Crippen molar-refractivity contribution in [2.75, 3.05) is 11.1 Å². The predicted octanol–water partition coefficient (Wildman–Crippen LogP) is 2.80. The van der Waals surface area contributed by atoms with Gasteiger partial charge < -0.3 is 4.42 Å². The molecule has 0 aromatic carbocycles. The Kier molecular flexibility index (Phi) is 5.13. The maximum atomic E-state index is 12.0. The van der Waals surface area contributed by atoms with Crippen molar-refractivity contribution in [1.29, 1.82) is 0 Å². The van der Waals surface area contributed by atoms with E-state index < -0.39 is 5.91 Å². The molecule has 0 unspecified atom stereocenters. The Morgan fingerprint density at radius 3 is 2.86 bits per heavy atom. The molecule has 0 aliphatic carbocycles. The summed E-state index contributed by atoms with van der Waals surface area (Å²) in [5, 5.41) is 10.9. The fourth-order valence-corrected chi connectivity index (χ4v) is 3.15. The number of carbonyl (C=O) groups is 1. The molecule has 0 radical (unpaired) electrons. The monoisotopic (exact) mass is 325 g/mol. The summed E-state index contributed by atoms with van der Waals surface area (Å²) in [4.78, 5) is 23.3. The second kappa shape index (κ2) is 6.86. The molecule has 8 heteroatoms. The number of anilines is 1. The number of rotatable bonds is 5. The number of carbonyl (C=O) groups excluding carboxylic acids is 1. The van der Waals surface area contributed by atoms with E-state index in [-0.39, 0.29) is 11.2 Å². The van der Waals surface area contributed by atoms with Gasteiger partial charge in [-0.25, -0.2) is 0 Å². The van der Waals surface area contributed by atoms with Crippen molar-refractivity contribution >= 4 is 34.1 Å². The summed E-state index contributed by atoms with van der Waals surface area (Å²) in [7, 11) is 0. The average Bonchev–Trinajstić information content (AvgIpc) is 2.83. The standard InChI is InChI=1S/C13H15N3O3S2/c1-7(2)6-20-13-16-15-12(21-13)14-11(18)10-5-9(17)4-8(3)19-10/h4-5,7H,6H2,1-3H3,(H,14,15,18). The number of thioether (sulfide) groups is 1. The lowest BCUT2D eigenvalue weighted by molar-refractivity contribution is 0.0992. The number of hydrogen-bond donors (Lipinski definition) is 1. The normalized spacial score (nSPS) is 10.9. The summed E-state index contributed by atoms with van der Waals surface area (Å²) in [6, 6.07) is 2.47. The van der Waals surface area contributed by atoms with Crippen molar-refractivity contribution in [3.8, 4) is 0 Å². The minimum atomic E-state index is -0.507. The lowest BCUT2D eigenvalue weighted by Gasteiger charge is -2.01. The van der Waals surface area contributed by atoms with Crippen LogP contribution in [0.5, 0.6) is 0 Å². The first-order chi connectivity index (χ1) is 9.94. The van der Waals surface area contributed by atoms with Crippen LogP contribution in [0.2, 0.25) is 0 Å². The molecule has 0 saturated heterocycles. The summed E-state index contributed by atoms with van der Waals surface area (Å²) in [5.41, 5.74) is -0.269. The molecule has 1 amide bonds. The number of aromatic nitrogens is 2. The zero-order chi connectivity index (χ0) is 15.4. The lowest BCUT2D eigenvalue weighted by atomic mass is 10.3. The fraction of sp³-hybridized carbons (Fsp3) is 0.385. The molecule has 0 bridgehead atoms. The Morgan fingerprint density at radius 1 is 1.43 bits per heavy atom. The number of amides is 1. The van der Waals surface area contributed by atoms with Crippen molar-refractivity contribution in [3.05, 3.63) is 33.9 Å². The number of hydrogen-bond acceptors (Lipinski definition) is 7. The maximum Gasteiger partial charge on any atom is 0.293 e. The molecule has 2 aromatic heterocycles. The van der Waals surface area contributed by atoms with Gasteiger partial charge in [0.25, 0.3) is 5.91 Å². The average molecular weight is 325 g/mol. The largest absolute Gasteiger partial charge is 0.456 e. The Labute approximate surface area is 130 Å². The van der Waals surface area contributed by atoms with Crippen LogP contribution in [0.4, 0.5) is 5.13 Å². The zero-order valence-electron chi connectivity index (χ0n) is 11.9. The first kappa shape index (κ1) is 15.7. The van der Waals surface area contributed by atoms with Gasteiger partial charge in [0.05, 0.1) is 0 Å². The molecule has 2 heterocycles. The molecule has 0 atom stereocenters. The zero-order valence-corrected chi connectivity index (χ0v) is 13.5. The van der Waals surface area contributed by atoms with Gasteiger partial charge in [0, 0.05) is 17.9 Å². The summed E-state index contributed by atoms with van der Waals surface area (Å²) in [6.45, 7) is 5.86. The van der Waals surface area contributed by atoms with Gasteiger partial charge in [-0.3, -0.25) is 14.9 Å². The third kappa shape index (κ3) is 4.68. The molecule has 6 nitrogen and oxygen atoms in total. The Bertz CT molecular complexity index is 694. The van der Waals surface area contributed by atoms with Crippen LogP contribution in [-0.2, 0) is 0 Å². The van der Waals surface area contributed by atoms with E-state index in [1.807, 2.05) is 0 Å². The van der Waals surface area contributed by atoms with Gasteiger partial charge in [-0.2, -0.15) is 0 Å². The smallest absolute Gasteiger partial charge is 0.293 e. The molecule has 0 aliphatic rings. The van der Waals surface area contributed by atoms with Gasteiger partial charge in [-0.15, -0.1) is 10.2 Å². The van der Waals surface area contributed by atoms with Gasteiger partial charge in [-0.05, 0) is 12.8 Å². The van der Waals surface area contributed by atoms with Crippen molar-refractivity contribution in [1.82, 2.24) is 10.2 Å². The summed E-state index contributed by atoms with van der Waals surface area (Å²) >= 11 is 2.89. The van der Waals surface area contributed by atoms with Gasteiger partial charge in [-0.1, -0.05) is 36.9 Å². The van der Waals surface area contributed by atoms with E-state index >= 15 is 0 Å². The van der Waals surface area contributed by atoms with Gasteiger partial charge in [0.1, 0.15) is 5.76 Å². The minimum Gasteiger partial charge on any atom is -0.456 e. The van der Waals surface area contributed by atoms with E-state index in [1.165, 1.54) is 17.4 Å². The molecule has 0 fully saturated rings. The highest BCUT2D eigenvalue weighted by atomic mass is 32.2. The van der Waals surface area contributed by atoms with Gasteiger partial charge in [0.2, 0.25) is 5.13 Å². The van der Waals surface area contributed by atoms with Crippen LogP contribution in [-0.4, -0.2) is 21.9 Å². The van der Waals surface area contributed by atoms with E-state index in [1.54, 1.807) is 18.7 Å². The topological polar surface area (TPSA) is 85.1 Å². The molecule has 0 saturated carbocycles. The van der Waals surface area contributed by atoms with Crippen molar-refractivity contribution in [2.45, 2.75) is 25.1 Å². The molecule has 2 rings (SSSR count). The van der Waals surface area contributed by atoms with E-state index in [2.05, 4.69) is 29.4 Å². The fourth-order valence-electron chi connectivity index (χ4n) is 1.43. The Hall–Kier alpha value is -1.67. The van der Waals surface area contributed by atoms with Crippen molar-refractivity contribution in [3.63, 3.8) is 0 Å². The van der Waals surface area contributed by atoms with E-state index in [0.29, 0.717) is 16.8 Å². The van der Waals surface area contributed by atoms with Crippen LogP contribution in [0.25, 0.3) is 0 Å². The molecular weight excluding hydrogens is 310 g/mol. The summed E-state index contributed by atoms with van der Waals surface area (Å²) in [6.07, 6.45) is 0. The second-order valence-corrected chi connectivity index (χ2v) is 7.04. The Balaban J connectivity index is 2.04. The van der Waals surface area contributed by atoms with Crippen LogP contribution in [0.1, 0.15) is 30.2 Å². The second-order valence-electron chi connectivity index (χ2n) is 4.80. The highest BCUT2D eigenvalue weighted by Gasteiger charge is 2.14. The van der Waals surface area contributed by atoms with E-state index in [9.17, 15) is 9.59 Å². The molecule has 112 valence electrons. The quantitative estimate of drug-likeness (QED) is 0.672. The number of nitrogens with zero attached hydrogens (tertiary/aromatic N) is 2. The molecule has 21 heavy (non-hydrogen) atoms. The maximum absolute atomic E-state index is 12.0. The lowest BCUT2D eigenvalue weighted by Crippen LogP contribution is -2.14. The summed E-state index contributed by atoms with van der Waals surface area (Å²) in [5.74, 6) is 1.34. The number of nitrogens with one attached hydrogen (secondary N) is 1.